The molecule has 90 valence electrons. The van der Waals surface area contributed by atoms with Crippen LogP contribution in [0.15, 0.2) is 28.7 Å². The summed E-state index contributed by atoms with van der Waals surface area (Å²) in [6.07, 6.45) is 0. The number of aromatic nitrogens is 2. The van der Waals surface area contributed by atoms with Crippen LogP contribution in [0.25, 0.3) is 11.5 Å². The van der Waals surface area contributed by atoms with E-state index in [1.165, 1.54) is 0 Å². The molecule has 1 heterocycles. The highest BCUT2D eigenvalue weighted by Gasteiger charge is 2.13. The van der Waals surface area contributed by atoms with Crippen molar-refractivity contribution in [3.8, 4) is 11.5 Å². The Morgan fingerprint density at radius 3 is 2.71 bits per heavy atom. The van der Waals surface area contributed by atoms with Crippen molar-refractivity contribution >= 4 is 22.2 Å². The molecule has 0 saturated heterocycles. The molecule has 0 saturated carbocycles. The van der Waals surface area contributed by atoms with Crippen LogP contribution in [0, 0.1) is 4.84 Å². The quantitative estimate of drug-likeness (QED) is 0.816. The Kier molecular flexibility index (Phi) is 3.09. The number of nitrogens with one attached hydrogen (secondary N) is 1. The van der Waals surface area contributed by atoms with Crippen molar-refractivity contribution in [2.45, 2.75) is 5.75 Å². The van der Waals surface area contributed by atoms with Gasteiger partial charge in [-0.1, -0.05) is 18.2 Å². The molecule has 0 spiro atoms. The fraction of sp³-hybridized carbons (Fsp3) is 0.111. The van der Waals surface area contributed by atoms with Gasteiger partial charge in [0.25, 0.3) is 4.84 Å². The second kappa shape index (κ2) is 4.40. The molecule has 0 aliphatic rings. The summed E-state index contributed by atoms with van der Waals surface area (Å²) in [5, 5.41) is 11.3. The molecule has 6 nitrogen and oxygen atoms in total. The maximum absolute atomic E-state index is 11.1. The molecule has 0 radical (unpaired) electrons. The normalized spacial score (nSPS) is 11.6. The summed E-state index contributed by atoms with van der Waals surface area (Å²) in [7, 11) is -3.61. The minimum atomic E-state index is -3.61. The van der Waals surface area contributed by atoms with Crippen molar-refractivity contribution in [3.05, 3.63) is 34.7 Å². The lowest BCUT2D eigenvalue weighted by atomic mass is 10.1. The molecule has 0 atom stereocenters. The summed E-state index contributed by atoms with van der Waals surface area (Å²) in [4.78, 5) is 0.130. The summed E-state index contributed by atoms with van der Waals surface area (Å²) < 4.78 is 27.3. The Morgan fingerprint density at radius 2 is 2.12 bits per heavy atom. The molecular weight excluding hydrogens is 262 g/mol. The Morgan fingerprint density at radius 1 is 1.41 bits per heavy atom. The lowest BCUT2D eigenvalue weighted by molar-refractivity contribution is 0.551. The molecular formula is C9H9N3O3S2. The van der Waals surface area contributed by atoms with Crippen molar-refractivity contribution in [3.63, 3.8) is 0 Å². The third-order valence-corrected chi connectivity index (χ3v) is 2.93. The number of nitrogens with two attached hydrogens (primary N) is 1. The topological polar surface area (TPSA) is 102 Å². The fourth-order valence-corrected chi connectivity index (χ4v) is 2.23. The molecule has 8 heteroatoms. The number of sulfonamides is 1. The molecule has 0 bridgehead atoms. The smallest absolute Gasteiger partial charge is 0.284 e. The molecule has 1 aromatic heterocycles. The number of hydrogen-bond donors (Lipinski definition) is 2. The van der Waals surface area contributed by atoms with Gasteiger partial charge in [0.2, 0.25) is 15.9 Å². The van der Waals surface area contributed by atoms with Crippen LogP contribution >= 0.6 is 12.2 Å². The summed E-state index contributed by atoms with van der Waals surface area (Å²) in [6, 6.07) is 6.79. The van der Waals surface area contributed by atoms with E-state index in [-0.39, 0.29) is 16.5 Å². The third-order valence-electron chi connectivity index (χ3n) is 2.04. The number of nitrogens with zero attached hydrogens (tertiary/aromatic N) is 1. The van der Waals surface area contributed by atoms with Crippen LogP contribution in [0.5, 0.6) is 0 Å². The number of hydrogen-bond acceptors (Lipinski definition) is 5. The first-order chi connectivity index (χ1) is 7.96. The Hall–Kier alpha value is -1.51. The molecule has 1 aromatic carbocycles. The fourth-order valence-electron chi connectivity index (χ4n) is 1.42. The van der Waals surface area contributed by atoms with Crippen LogP contribution in [-0.2, 0) is 15.8 Å². The highest BCUT2D eigenvalue weighted by molar-refractivity contribution is 7.88. The van der Waals surface area contributed by atoms with Crippen LogP contribution in [0.3, 0.4) is 0 Å². The number of primary sulfonamides is 1. The minimum Gasteiger partial charge on any atom is -0.409 e. The summed E-state index contributed by atoms with van der Waals surface area (Å²) in [6.45, 7) is 0. The number of rotatable bonds is 3. The van der Waals surface area contributed by atoms with Gasteiger partial charge in [-0.25, -0.2) is 18.7 Å². The van der Waals surface area contributed by atoms with Gasteiger partial charge in [-0.05, 0) is 23.8 Å². The molecule has 0 aliphatic carbocycles. The van der Waals surface area contributed by atoms with Crippen molar-refractivity contribution in [2.24, 2.45) is 5.14 Å². The van der Waals surface area contributed by atoms with Gasteiger partial charge in [-0.15, -0.1) is 5.10 Å². The van der Waals surface area contributed by atoms with Crippen LogP contribution < -0.4 is 5.14 Å². The van der Waals surface area contributed by atoms with E-state index in [1.807, 2.05) is 0 Å². The molecule has 2 rings (SSSR count). The molecule has 0 amide bonds. The standard InChI is InChI=1S/C9H9N3O3S2/c10-17(13,14)5-6-3-1-2-4-7(6)8-11-12-9(16)15-8/h1-4H,5H2,(H,12,16)(H2,10,13,14). The molecule has 0 aliphatic heterocycles. The highest BCUT2D eigenvalue weighted by atomic mass is 32.2. The third kappa shape index (κ3) is 2.99. The summed E-state index contributed by atoms with van der Waals surface area (Å²) >= 11 is 4.76. The van der Waals surface area contributed by atoms with E-state index in [1.54, 1.807) is 24.3 Å². The average Bonchev–Trinajstić information content (AvgIpc) is 2.63. The van der Waals surface area contributed by atoms with E-state index in [0.717, 1.165) is 0 Å². The van der Waals surface area contributed by atoms with E-state index in [0.29, 0.717) is 11.1 Å². The van der Waals surface area contributed by atoms with Crippen LogP contribution in [0.2, 0.25) is 0 Å². The minimum absolute atomic E-state index is 0.130. The van der Waals surface area contributed by atoms with E-state index in [9.17, 15) is 8.42 Å². The second-order valence-electron chi connectivity index (χ2n) is 3.38. The lowest BCUT2D eigenvalue weighted by Gasteiger charge is -2.03. The predicted molar refractivity (Wildman–Crippen MR) is 63.9 cm³/mol. The van der Waals surface area contributed by atoms with Crippen molar-refractivity contribution < 1.29 is 12.8 Å². The van der Waals surface area contributed by atoms with Gasteiger partial charge in [0.05, 0.1) is 5.75 Å². The Bertz CT molecular complexity index is 687. The predicted octanol–water partition coefficient (Wildman–Crippen LogP) is 1.19. The number of benzene rings is 1. The van der Waals surface area contributed by atoms with Crippen LogP contribution in [-0.4, -0.2) is 18.6 Å². The van der Waals surface area contributed by atoms with Gasteiger partial charge in [-0.3, -0.25) is 0 Å². The Labute approximate surface area is 103 Å². The van der Waals surface area contributed by atoms with Gasteiger partial charge in [0.1, 0.15) is 0 Å². The Balaban J connectivity index is 2.51. The van der Waals surface area contributed by atoms with E-state index in [2.05, 4.69) is 10.2 Å². The molecule has 3 N–H and O–H groups in total. The molecule has 2 aromatic rings. The summed E-state index contributed by atoms with van der Waals surface area (Å²) in [5.74, 6) is -0.0348. The zero-order chi connectivity index (χ0) is 12.5. The maximum Gasteiger partial charge on any atom is 0.284 e. The van der Waals surface area contributed by atoms with Crippen LogP contribution in [0.4, 0.5) is 0 Å². The van der Waals surface area contributed by atoms with E-state index in [4.69, 9.17) is 21.8 Å². The first-order valence-corrected chi connectivity index (χ1v) is 6.72. The van der Waals surface area contributed by atoms with Gasteiger partial charge in [0.15, 0.2) is 0 Å². The van der Waals surface area contributed by atoms with Gasteiger partial charge >= 0.3 is 0 Å². The zero-order valence-electron chi connectivity index (χ0n) is 8.58. The molecule has 17 heavy (non-hydrogen) atoms. The van der Waals surface area contributed by atoms with Gasteiger partial charge in [0, 0.05) is 5.56 Å². The van der Waals surface area contributed by atoms with Crippen LogP contribution in [0.1, 0.15) is 5.56 Å². The van der Waals surface area contributed by atoms with Crippen molar-refractivity contribution in [1.29, 1.82) is 0 Å². The second-order valence-corrected chi connectivity index (χ2v) is 5.37. The average molecular weight is 271 g/mol. The van der Waals surface area contributed by atoms with Crippen molar-refractivity contribution in [2.75, 3.05) is 0 Å². The maximum atomic E-state index is 11.1. The number of H-pyrrole nitrogens is 1. The SMILES string of the molecule is NS(=O)(=O)Cc1ccccc1-c1n[nH]c(=S)o1. The largest absolute Gasteiger partial charge is 0.409 e. The first-order valence-electron chi connectivity index (χ1n) is 4.60. The monoisotopic (exact) mass is 271 g/mol. The van der Waals surface area contributed by atoms with Gasteiger partial charge in [-0.2, -0.15) is 0 Å². The summed E-state index contributed by atoms with van der Waals surface area (Å²) in [5.41, 5.74) is 1.06. The molecule has 0 fully saturated rings. The lowest BCUT2D eigenvalue weighted by Crippen LogP contribution is -2.15. The number of aromatic amines is 1. The van der Waals surface area contributed by atoms with E-state index < -0.39 is 10.0 Å². The first kappa shape index (κ1) is 12.0. The van der Waals surface area contributed by atoms with E-state index >= 15 is 0 Å². The zero-order valence-corrected chi connectivity index (χ0v) is 10.2. The van der Waals surface area contributed by atoms with Crippen molar-refractivity contribution in [1.82, 2.24) is 10.2 Å². The molecule has 0 unspecified atom stereocenters. The van der Waals surface area contributed by atoms with Gasteiger partial charge < -0.3 is 4.42 Å². The highest BCUT2D eigenvalue weighted by Crippen LogP contribution is 2.22.